The van der Waals surface area contributed by atoms with E-state index in [1.54, 1.807) is 18.6 Å². The van der Waals surface area contributed by atoms with Crippen LogP contribution in [0.4, 0.5) is 11.9 Å². The van der Waals surface area contributed by atoms with Crippen LogP contribution in [0.2, 0.25) is 0 Å². The van der Waals surface area contributed by atoms with Crippen LogP contribution in [0.1, 0.15) is 23.2 Å². The van der Waals surface area contributed by atoms with Gasteiger partial charge in [-0.1, -0.05) is 0 Å². The number of carbonyl (C=O) groups is 1. The number of anilines is 2. The van der Waals surface area contributed by atoms with E-state index in [4.69, 9.17) is 15.2 Å². The number of hydrogen-bond acceptors (Lipinski definition) is 9. The van der Waals surface area contributed by atoms with Crippen LogP contribution in [-0.4, -0.2) is 71.4 Å². The monoisotopic (exact) mass is 385 g/mol. The molecule has 28 heavy (non-hydrogen) atoms. The summed E-state index contributed by atoms with van der Waals surface area (Å²) in [4.78, 5) is 31.9. The SMILES string of the molecule is Nc1ncc(-c2nc(N3CCOCC3)ncc2C(=O)NCC2CCCO2)cn1. The fourth-order valence-corrected chi connectivity index (χ4v) is 3.24. The van der Waals surface area contributed by atoms with Crippen molar-refractivity contribution in [3.63, 3.8) is 0 Å². The number of rotatable bonds is 5. The molecule has 1 unspecified atom stereocenters. The molecule has 0 aliphatic carbocycles. The van der Waals surface area contributed by atoms with E-state index in [1.165, 1.54) is 0 Å². The van der Waals surface area contributed by atoms with Crippen LogP contribution in [0.25, 0.3) is 11.3 Å². The van der Waals surface area contributed by atoms with E-state index >= 15 is 0 Å². The number of aromatic nitrogens is 4. The van der Waals surface area contributed by atoms with Crippen molar-refractivity contribution in [2.45, 2.75) is 18.9 Å². The summed E-state index contributed by atoms with van der Waals surface area (Å²) in [6.45, 7) is 3.83. The second kappa shape index (κ2) is 8.44. The average Bonchev–Trinajstić information content (AvgIpc) is 3.26. The van der Waals surface area contributed by atoms with Gasteiger partial charge in [0.25, 0.3) is 5.91 Å². The van der Waals surface area contributed by atoms with Crippen LogP contribution >= 0.6 is 0 Å². The molecule has 2 aliphatic rings. The Labute approximate surface area is 162 Å². The quantitative estimate of drug-likeness (QED) is 0.744. The molecule has 2 saturated heterocycles. The Hall–Kier alpha value is -2.85. The van der Waals surface area contributed by atoms with Gasteiger partial charge in [-0.25, -0.2) is 19.9 Å². The Morgan fingerprint density at radius 3 is 2.68 bits per heavy atom. The highest BCUT2D eigenvalue weighted by atomic mass is 16.5. The highest BCUT2D eigenvalue weighted by Crippen LogP contribution is 2.23. The number of amides is 1. The van der Waals surface area contributed by atoms with Gasteiger partial charge in [-0.05, 0) is 12.8 Å². The van der Waals surface area contributed by atoms with Gasteiger partial charge in [0.15, 0.2) is 0 Å². The summed E-state index contributed by atoms with van der Waals surface area (Å²) >= 11 is 0. The third-order valence-electron chi connectivity index (χ3n) is 4.77. The summed E-state index contributed by atoms with van der Waals surface area (Å²) in [5, 5.41) is 2.92. The molecule has 0 aromatic carbocycles. The molecule has 2 aliphatic heterocycles. The molecule has 0 spiro atoms. The maximum absolute atomic E-state index is 12.8. The van der Waals surface area contributed by atoms with Crippen molar-refractivity contribution in [3.8, 4) is 11.3 Å². The van der Waals surface area contributed by atoms with Crippen LogP contribution in [0.5, 0.6) is 0 Å². The first-order chi connectivity index (χ1) is 13.7. The number of hydrogen-bond donors (Lipinski definition) is 2. The lowest BCUT2D eigenvalue weighted by atomic mass is 10.1. The minimum Gasteiger partial charge on any atom is -0.378 e. The van der Waals surface area contributed by atoms with Crippen molar-refractivity contribution in [2.24, 2.45) is 0 Å². The second-order valence-electron chi connectivity index (χ2n) is 6.71. The number of nitrogen functional groups attached to an aromatic ring is 1. The molecule has 148 valence electrons. The summed E-state index contributed by atoms with van der Waals surface area (Å²) in [5.41, 5.74) is 7.04. The highest BCUT2D eigenvalue weighted by Gasteiger charge is 2.22. The summed E-state index contributed by atoms with van der Waals surface area (Å²) in [6, 6.07) is 0. The molecule has 2 aromatic heterocycles. The number of nitrogens with zero attached hydrogens (tertiary/aromatic N) is 5. The van der Waals surface area contributed by atoms with Crippen LogP contribution in [-0.2, 0) is 9.47 Å². The Morgan fingerprint density at radius 2 is 1.96 bits per heavy atom. The molecule has 2 aromatic rings. The zero-order valence-electron chi connectivity index (χ0n) is 15.5. The lowest BCUT2D eigenvalue weighted by Crippen LogP contribution is -2.37. The van der Waals surface area contributed by atoms with Crippen molar-refractivity contribution in [2.75, 3.05) is 50.1 Å². The third kappa shape index (κ3) is 4.18. The maximum atomic E-state index is 12.8. The summed E-state index contributed by atoms with van der Waals surface area (Å²) in [5.74, 6) is 0.456. The van der Waals surface area contributed by atoms with E-state index in [0.717, 1.165) is 19.4 Å². The predicted molar refractivity (Wildman–Crippen MR) is 102 cm³/mol. The standard InChI is InChI=1S/C18H23N7O3/c19-17-21-8-12(9-22-17)15-14(16(26)20-10-13-2-1-5-28-13)11-23-18(24-15)25-3-6-27-7-4-25/h8-9,11,13H,1-7,10H2,(H,20,26)(H2,19,21,22). The number of ether oxygens (including phenoxy) is 2. The Balaban J connectivity index is 1.61. The van der Waals surface area contributed by atoms with E-state index < -0.39 is 0 Å². The lowest BCUT2D eigenvalue weighted by molar-refractivity contribution is 0.0857. The minimum atomic E-state index is -0.254. The molecule has 4 heterocycles. The van der Waals surface area contributed by atoms with Gasteiger partial charge in [0.2, 0.25) is 11.9 Å². The maximum Gasteiger partial charge on any atom is 0.255 e. The molecule has 4 rings (SSSR count). The lowest BCUT2D eigenvalue weighted by Gasteiger charge is -2.27. The molecule has 0 saturated carbocycles. The van der Waals surface area contributed by atoms with Gasteiger partial charge in [-0.15, -0.1) is 0 Å². The van der Waals surface area contributed by atoms with Gasteiger partial charge >= 0.3 is 0 Å². The Bertz CT molecular complexity index is 818. The average molecular weight is 385 g/mol. The first-order valence-corrected chi connectivity index (χ1v) is 9.38. The fourth-order valence-electron chi connectivity index (χ4n) is 3.24. The van der Waals surface area contributed by atoms with Gasteiger partial charge in [0, 0.05) is 50.4 Å². The highest BCUT2D eigenvalue weighted by molar-refractivity contribution is 5.99. The van der Waals surface area contributed by atoms with Gasteiger partial charge in [-0.2, -0.15) is 0 Å². The zero-order chi connectivity index (χ0) is 19.3. The van der Waals surface area contributed by atoms with Crippen molar-refractivity contribution in [1.29, 1.82) is 0 Å². The smallest absolute Gasteiger partial charge is 0.255 e. The van der Waals surface area contributed by atoms with Crippen molar-refractivity contribution in [3.05, 3.63) is 24.2 Å². The molecule has 1 atom stereocenters. The van der Waals surface area contributed by atoms with E-state index in [9.17, 15) is 4.79 Å². The number of nitrogens with one attached hydrogen (secondary N) is 1. The molecular weight excluding hydrogens is 362 g/mol. The Morgan fingerprint density at radius 1 is 1.18 bits per heavy atom. The van der Waals surface area contributed by atoms with Gasteiger partial charge in [-0.3, -0.25) is 4.79 Å². The van der Waals surface area contributed by atoms with Crippen LogP contribution < -0.4 is 16.0 Å². The van der Waals surface area contributed by atoms with Gasteiger partial charge in [0.05, 0.1) is 30.6 Å². The number of nitrogens with two attached hydrogens (primary N) is 1. The predicted octanol–water partition coefficient (Wildman–Crippen LogP) is 0.261. The zero-order valence-corrected chi connectivity index (χ0v) is 15.5. The van der Waals surface area contributed by atoms with Crippen LogP contribution in [0, 0.1) is 0 Å². The van der Waals surface area contributed by atoms with E-state index in [1.807, 2.05) is 4.90 Å². The van der Waals surface area contributed by atoms with Crippen molar-refractivity contribution >= 4 is 17.8 Å². The molecule has 10 heteroatoms. The molecule has 0 bridgehead atoms. The normalized spacial score (nSPS) is 19.6. The Kier molecular flexibility index (Phi) is 5.58. The third-order valence-corrected chi connectivity index (χ3v) is 4.77. The topological polar surface area (TPSA) is 128 Å². The molecule has 3 N–H and O–H groups in total. The number of carbonyl (C=O) groups excluding carboxylic acids is 1. The van der Waals surface area contributed by atoms with E-state index in [2.05, 4.69) is 25.3 Å². The first kappa shape index (κ1) is 18.5. The van der Waals surface area contributed by atoms with Crippen molar-refractivity contribution < 1.29 is 14.3 Å². The van der Waals surface area contributed by atoms with Crippen molar-refractivity contribution in [1.82, 2.24) is 25.3 Å². The second-order valence-corrected chi connectivity index (χ2v) is 6.71. The van der Waals surface area contributed by atoms with E-state index in [0.29, 0.717) is 55.6 Å². The molecule has 1 amide bonds. The van der Waals surface area contributed by atoms with Gasteiger partial charge < -0.3 is 25.4 Å². The van der Waals surface area contributed by atoms with Crippen LogP contribution in [0.3, 0.4) is 0 Å². The first-order valence-electron chi connectivity index (χ1n) is 9.38. The largest absolute Gasteiger partial charge is 0.378 e. The minimum absolute atomic E-state index is 0.0563. The van der Waals surface area contributed by atoms with Gasteiger partial charge in [0.1, 0.15) is 0 Å². The molecule has 2 fully saturated rings. The molecular formula is C18H23N7O3. The fraction of sp³-hybridized carbons (Fsp3) is 0.500. The van der Waals surface area contributed by atoms with E-state index in [-0.39, 0.29) is 18.0 Å². The molecule has 10 nitrogen and oxygen atoms in total. The summed E-state index contributed by atoms with van der Waals surface area (Å²) < 4.78 is 11.0. The summed E-state index contributed by atoms with van der Waals surface area (Å²) in [7, 11) is 0. The number of morpholine rings is 1. The molecule has 0 radical (unpaired) electrons. The summed E-state index contributed by atoms with van der Waals surface area (Å²) in [6.07, 6.45) is 6.70. The van der Waals surface area contributed by atoms with Crippen LogP contribution in [0.15, 0.2) is 18.6 Å².